The molecule has 0 amide bonds. The zero-order chi connectivity index (χ0) is 8.18. The number of hydrogen-bond acceptors (Lipinski definition) is 0. The van der Waals surface area contributed by atoms with Crippen LogP contribution in [0.2, 0.25) is 0 Å². The van der Waals surface area contributed by atoms with Gasteiger partial charge in [0, 0.05) is 0 Å². The molecule has 0 aliphatic heterocycles. The third-order valence-electron chi connectivity index (χ3n) is 4.57. The third kappa shape index (κ3) is 1.03. The topological polar surface area (TPSA) is 0 Å². The predicted octanol–water partition coefficient (Wildman–Crippen LogP) is 3.61. The molecule has 0 bridgehead atoms. The minimum atomic E-state index is 0.902. The standard InChI is InChI=1S/C12H20/c1-9-3-2-6-12(7-9)8-11(12)10-4-5-10/h9-11H,2-8H2,1H3/t9?,11?,12-/m1/s1. The Hall–Kier alpha value is 0. The summed E-state index contributed by atoms with van der Waals surface area (Å²) in [5.41, 5.74) is 0.902. The van der Waals surface area contributed by atoms with Crippen molar-refractivity contribution in [3.63, 3.8) is 0 Å². The van der Waals surface area contributed by atoms with Gasteiger partial charge in [-0.2, -0.15) is 0 Å². The smallest absolute Gasteiger partial charge is 0.0261 e. The molecule has 0 nitrogen and oxygen atoms in total. The van der Waals surface area contributed by atoms with Crippen LogP contribution < -0.4 is 0 Å². The maximum Gasteiger partial charge on any atom is -0.0261 e. The lowest BCUT2D eigenvalue weighted by molar-refractivity contribution is 0.236. The molecule has 0 radical (unpaired) electrons. The normalized spacial score (nSPS) is 52.8. The van der Waals surface area contributed by atoms with Crippen molar-refractivity contribution >= 4 is 0 Å². The van der Waals surface area contributed by atoms with Gasteiger partial charge < -0.3 is 0 Å². The van der Waals surface area contributed by atoms with Crippen LogP contribution in [0.1, 0.15) is 51.9 Å². The molecule has 3 fully saturated rings. The molecule has 0 heterocycles. The molecule has 1 spiro atoms. The van der Waals surface area contributed by atoms with E-state index in [-0.39, 0.29) is 0 Å². The summed E-state index contributed by atoms with van der Waals surface area (Å²) in [6, 6.07) is 0. The number of rotatable bonds is 1. The maximum atomic E-state index is 2.46. The molecular weight excluding hydrogens is 144 g/mol. The van der Waals surface area contributed by atoms with Gasteiger partial charge >= 0.3 is 0 Å². The minimum Gasteiger partial charge on any atom is -0.0625 e. The second kappa shape index (κ2) is 2.27. The average Bonchev–Trinajstić information content (AvgIpc) is 2.84. The van der Waals surface area contributed by atoms with E-state index < -0.39 is 0 Å². The van der Waals surface area contributed by atoms with Gasteiger partial charge in [-0.3, -0.25) is 0 Å². The summed E-state index contributed by atoms with van der Waals surface area (Å²) < 4.78 is 0. The van der Waals surface area contributed by atoms with E-state index in [4.69, 9.17) is 0 Å². The Morgan fingerprint density at radius 1 is 1.08 bits per heavy atom. The molecule has 0 heteroatoms. The Bertz CT molecular complexity index is 192. The molecule has 3 aliphatic rings. The Labute approximate surface area is 75.7 Å². The monoisotopic (exact) mass is 164 g/mol. The summed E-state index contributed by atoms with van der Waals surface area (Å²) in [6.07, 6.45) is 11.0. The van der Waals surface area contributed by atoms with Crippen molar-refractivity contribution in [2.75, 3.05) is 0 Å². The van der Waals surface area contributed by atoms with E-state index in [1.165, 1.54) is 24.7 Å². The lowest BCUT2D eigenvalue weighted by atomic mass is 9.78. The molecule has 12 heavy (non-hydrogen) atoms. The Kier molecular flexibility index (Phi) is 1.40. The van der Waals surface area contributed by atoms with Gasteiger partial charge in [-0.15, -0.1) is 0 Å². The highest BCUT2D eigenvalue weighted by Crippen LogP contribution is 2.69. The van der Waals surface area contributed by atoms with Crippen LogP contribution in [0, 0.1) is 23.2 Å². The molecular formula is C12H20. The molecule has 68 valence electrons. The highest BCUT2D eigenvalue weighted by Gasteiger charge is 2.59. The molecule has 3 rings (SSSR count). The molecule has 0 aromatic rings. The SMILES string of the molecule is CC1CCC[C@@]2(C1)CC2C1CC1. The van der Waals surface area contributed by atoms with Gasteiger partial charge in [-0.25, -0.2) is 0 Å². The van der Waals surface area contributed by atoms with Gasteiger partial charge in [-0.1, -0.05) is 19.8 Å². The van der Waals surface area contributed by atoms with E-state index in [0.29, 0.717) is 0 Å². The van der Waals surface area contributed by atoms with E-state index in [1.54, 1.807) is 32.1 Å². The summed E-state index contributed by atoms with van der Waals surface area (Å²) >= 11 is 0. The summed E-state index contributed by atoms with van der Waals surface area (Å²) in [6.45, 7) is 2.46. The first kappa shape index (κ1) is 7.41. The average molecular weight is 164 g/mol. The number of hydrogen-bond donors (Lipinski definition) is 0. The quantitative estimate of drug-likeness (QED) is 0.555. The fourth-order valence-electron chi connectivity index (χ4n) is 3.77. The van der Waals surface area contributed by atoms with E-state index in [0.717, 1.165) is 11.3 Å². The first-order valence-electron chi connectivity index (χ1n) is 5.80. The Morgan fingerprint density at radius 3 is 2.58 bits per heavy atom. The van der Waals surface area contributed by atoms with Crippen LogP contribution in [0.3, 0.4) is 0 Å². The van der Waals surface area contributed by atoms with Crippen molar-refractivity contribution in [1.29, 1.82) is 0 Å². The summed E-state index contributed by atoms with van der Waals surface area (Å²) in [5.74, 6) is 3.43. The second-order valence-corrected chi connectivity index (χ2v) is 5.71. The molecule has 0 aromatic heterocycles. The van der Waals surface area contributed by atoms with Crippen LogP contribution in [-0.2, 0) is 0 Å². The fourth-order valence-corrected chi connectivity index (χ4v) is 3.77. The molecule has 2 unspecified atom stereocenters. The summed E-state index contributed by atoms with van der Waals surface area (Å²) in [5, 5.41) is 0. The van der Waals surface area contributed by atoms with Crippen LogP contribution in [0.25, 0.3) is 0 Å². The molecule has 3 aliphatic carbocycles. The first-order chi connectivity index (χ1) is 5.80. The predicted molar refractivity (Wildman–Crippen MR) is 50.9 cm³/mol. The van der Waals surface area contributed by atoms with Crippen molar-refractivity contribution in [3.8, 4) is 0 Å². The van der Waals surface area contributed by atoms with Crippen LogP contribution in [0.5, 0.6) is 0 Å². The van der Waals surface area contributed by atoms with E-state index >= 15 is 0 Å². The minimum absolute atomic E-state index is 0.902. The van der Waals surface area contributed by atoms with Gasteiger partial charge in [-0.05, 0) is 55.3 Å². The lowest BCUT2D eigenvalue weighted by Crippen LogP contribution is -2.16. The zero-order valence-electron chi connectivity index (χ0n) is 8.18. The molecule has 3 atom stereocenters. The molecule has 0 N–H and O–H groups in total. The molecule has 0 saturated heterocycles. The van der Waals surface area contributed by atoms with Gasteiger partial charge in [0.15, 0.2) is 0 Å². The lowest BCUT2D eigenvalue weighted by Gasteiger charge is -2.27. The van der Waals surface area contributed by atoms with Gasteiger partial charge in [0.1, 0.15) is 0 Å². The van der Waals surface area contributed by atoms with E-state index in [1.807, 2.05) is 0 Å². The zero-order valence-corrected chi connectivity index (χ0v) is 8.18. The Balaban J connectivity index is 1.67. The van der Waals surface area contributed by atoms with Gasteiger partial charge in [0.2, 0.25) is 0 Å². The van der Waals surface area contributed by atoms with Crippen molar-refractivity contribution < 1.29 is 0 Å². The highest BCUT2D eigenvalue weighted by molar-refractivity contribution is 5.09. The Morgan fingerprint density at radius 2 is 1.92 bits per heavy atom. The summed E-state index contributed by atoms with van der Waals surface area (Å²) in [4.78, 5) is 0. The highest BCUT2D eigenvalue weighted by atomic mass is 14.6. The van der Waals surface area contributed by atoms with E-state index in [2.05, 4.69) is 6.92 Å². The van der Waals surface area contributed by atoms with Crippen molar-refractivity contribution in [2.45, 2.75) is 51.9 Å². The van der Waals surface area contributed by atoms with Crippen molar-refractivity contribution in [1.82, 2.24) is 0 Å². The van der Waals surface area contributed by atoms with Crippen LogP contribution in [0.15, 0.2) is 0 Å². The second-order valence-electron chi connectivity index (χ2n) is 5.71. The van der Waals surface area contributed by atoms with Crippen LogP contribution in [0.4, 0.5) is 0 Å². The third-order valence-corrected chi connectivity index (χ3v) is 4.57. The van der Waals surface area contributed by atoms with E-state index in [9.17, 15) is 0 Å². The van der Waals surface area contributed by atoms with Crippen LogP contribution in [-0.4, -0.2) is 0 Å². The maximum absolute atomic E-state index is 2.46. The largest absolute Gasteiger partial charge is 0.0625 e. The fraction of sp³-hybridized carbons (Fsp3) is 1.00. The van der Waals surface area contributed by atoms with Crippen molar-refractivity contribution in [2.24, 2.45) is 23.2 Å². The summed E-state index contributed by atoms with van der Waals surface area (Å²) in [7, 11) is 0. The van der Waals surface area contributed by atoms with Crippen LogP contribution >= 0.6 is 0 Å². The van der Waals surface area contributed by atoms with Gasteiger partial charge in [0.05, 0.1) is 0 Å². The molecule has 3 saturated carbocycles. The molecule has 0 aromatic carbocycles. The first-order valence-corrected chi connectivity index (χ1v) is 5.80. The van der Waals surface area contributed by atoms with Crippen molar-refractivity contribution in [3.05, 3.63) is 0 Å². The van der Waals surface area contributed by atoms with Gasteiger partial charge in [0.25, 0.3) is 0 Å².